The lowest BCUT2D eigenvalue weighted by atomic mass is 10.2. The summed E-state index contributed by atoms with van der Waals surface area (Å²) in [6, 6.07) is 4.94. The molecular weight excluding hydrogens is 252 g/mol. The Morgan fingerprint density at radius 3 is 2.81 bits per heavy atom. The summed E-state index contributed by atoms with van der Waals surface area (Å²) < 4.78 is 16.5. The predicted octanol–water partition coefficient (Wildman–Crippen LogP) is 1.68. The van der Waals surface area contributed by atoms with Crippen LogP contribution in [0.1, 0.15) is 5.56 Å². The zero-order chi connectivity index (χ0) is 12.1. The lowest BCUT2D eigenvalue weighted by molar-refractivity contribution is -0.133. The average molecular weight is 263 g/mol. The summed E-state index contributed by atoms with van der Waals surface area (Å²) in [5.41, 5.74) is 0.648. The van der Waals surface area contributed by atoms with Gasteiger partial charge in [-0.3, -0.25) is 9.00 Å². The van der Waals surface area contributed by atoms with E-state index in [4.69, 9.17) is 21.4 Å². The highest BCUT2D eigenvalue weighted by atomic mass is 35.5. The molecule has 0 radical (unpaired) electrons. The smallest absolute Gasteiger partial charge is 0.316 e. The number of hydrogen-bond donors (Lipinski definition) is 1. The summed E-state index contributed by atoms with van der Waals surface area (Å²) in [5.74, 6) is -0.784. The third-order valence-corrected chi connectivity index (χ3v) is 3.28. The minimum absolute atomic E-state index is 0.121. The molecule has 0 amide bonds. The Bertz CT molecular complexity index is 419. The number of halogens is 1. The lowest BCUT2D eigenvalue weighted by Gasteiger charge is -2.07. The molecule has 88 valence electrons. The van der Waals surface area contributed by atoms with Gasteiger partial charge >= 0.3 is 5.97 Å². The molecular formula is C10H11ClO4S. The first-order chi connectivity index (χ1) is 7.52. The number of methoxy groups -OCH3 is 1. The number of ether oxygens (including phenoxy) is 1. The fraction of sp³-hybridized carbons (Fsp3) is 0.300. The van der Waals surface area contributed by atoms with E-state index in [0.29, 0.717) is 16.3 Å². The quantitative estimate of drug-likeness (QED) is 0.877. The maximum absolute atomic E-state index is 11.4. The maximum atomic E-state index is 11.4. The number of benzene rings is 1. The Morgan fingerprint density at radius 2 is 2.25 bits per heavy atom. The van der Waals surface area contributed by atoms with E-state index >= 15 is 0 Å². The number of carboxylic acids is 1. The van der Waals surface area contributed by atoms with Crippen LogP contribution in [0.5, 0.6) is 5.75 Å². The number of aliphatic carboxylic acids is 1. The standard InChI is InChI=1S/C10H11ClO4S/c1-15-9-3-2-8(11)4-7(9)5-16(14)6-10(12)13/h2-4H,5-6H2,1H3,(H,12,13). The molecule has 1 aromatic rings. The lowest BCUT2D eigenvalue weighted by Crippen LogP contribution is -2.11. The summed E-state index contributed by atoms with van der Waals surface area (Å²) in [6.45, 7) is 0. The Kier molecular flexibility index (Phi) is 4.76. The number of hydrogen-bond acceptors (Lipinski definition) is 3. The molecule has 0 heterocycles. The minimum atomic E-state index is -1.46. The topological polar surface area (TPSA) is 63.6 Å². The van der Waals surface area contributed by atoms with E-state index in [9.17, 15) is 9.00 Å². The van der Waals surface area contributed by atoms with Crippen molar-refractivity contribution in [3.05, 3.63) is 28.8 Å². The Balaban J connectivity index is 2.83. The first kappa shape index (κ1) is 13.0. The van der Waals surface area contributed by atoms with Crippen LogP contribution in [-0.2, 0) is 21.3 Å². The summed E-state index contributed by atoms with van der Waals surface area (Å²) >= 11 is 5.79. The molecule has 16 heavy (non-hydrogen) atoms. The van der Waals surface area contributed by atoms with Crippen molar-refractivity contribution in [3.8, 4) is 5.75 Å². The average Bonchev–Trinajstić information content (AvgIpc) is 2.16. The third kappa shape index (κ3) is 3.83. The molecule has 1 unspecified atom stereocenters. The molecule has 6 heteroatoms. The van der Waals surface area contributed by atoms with Crippen LogP contribution in [0.3, 0.4) is 0 Å². The van der Waals surface area contributed by atoms with Crippen molar-refractivity contribution in [1.29, 1.82) is 0 Å². The van der Waals surface area contributed by atoms with Gasteiger partial charge in [0.15, 0.2) is 0 Å². The van der Waals surface area contributed by atoms with Crippen molar-refractivity contribution in [1.82, 2.24) is 0 Å². The van der Waals surface area contributed by atoms with E-state index < -0.39 is 16.8 Å². The summed E-state index contributed by atoms with van der Waals surface area (Å²) in [4.78, 5) is 10.4. The molecule has 0 aromatic heterocycles. The number of rotatable bonds is 5. The van der Waals surface area contributed by atoms with Gasteiger partial charge in [0.2, 0.25) is 0 Å². The SMILES string of the molecule is COc1ccc(Cl)cc1CS(=O)CC(=O)O. The van der Waals surface area contributed by atoms with Gasteiger partial charge in [-0.2, -0.15) is 0 Å². The van der Waals surface area contributed by atoms with Gasteiger partial charge in [0.1, 0.15) is 11.5 Å². The second kappa shape index (κ2) is 5.86. The van der Waals surface area contributed by atoms with Crippen LogP contribution in [0.2, 0.25) is 5.02 Å². The van der Waals surface area contributed by atoms with Gasteiger partial charge in [0.05, 0.1) is 12.9 Å². The van der Waals surface area contributed by atoms with Crippen LogP contribution in [0, 0.1) is 0 Å². The monoisotopic (exact) mass is 262 g/mol. The van der Waals surface area contributed by atoms with Crippen molar-refractivity contribution >= 4 is 28.4 Å². The Morgan fingerprint density at radius 1 is 1.56 bits per heavy atom. The van der Waals surface area contributed by atoms with Gasteiger partial charge in [-0.25, -0.2) is 0 Å². The maximum Gasteiger partial charge on any atom is 0.316 e. The van der Waals surface area contributed by atoms with Gasteiger partial charge in [-0.1, -0.05) is 11.6 Å². The van der Waals surface area contributed by atoms with Crippen molar-refractivity contribution in [2.24, 2.45) is 0 Å². The van der Waals surface area contributed by atoms with Crippen molar-refractivity contribution in [2.75, 3.05) is 12.9 Å². The largest absolute Gasteiger partial charge is 0.496 e. The fourth-order valence-electron chi connectivity index (χ4n) is 1.22. The van der Waals surface area contributed by atoms with Crippen LogP contribution in [0.4, 0.5) is 0 Å². The minimum Gasteiger partial charge on any atom is -0.496 e. The van der Waals surface area contributed by atoms with Gasteiger partial charge in [0.25, 0.3) is 0 Å². The van der Waals surface area contributed by atoms with Gasteiger partial charge in [0, 0.05) is 21.4 Å². The molecule has 0 aliphatic heterocycles. The normalized spacial score (nSPS) is 12.1. The van der Waals surface area contributed by atoms with Crippen LogP contribution in [0.15, 0.2) is 18.2 Å². The fourth-order valence-corrected chi connectivity index (χ4v) is 2.37. The van der Waals surface area contributed by atoms with Gasteiger partial charge in [-0.15, -0.1) is 0 Å². The number of carbonyl (C=O) groups is 1. The van der Waals surface area contributed by atoms with Crippen molar-refractivity contribution in [3.63, 3.8) is 0 Å². The predicted molar refractivity (Wildman–Crippen MR) is 62.4 cm³/mol. The van der Waals surface area contributed by atoms with Crippen LogP contribution in [-0.4, -0.2) is 28.1 Å². The summed E-state index contributed by atoms with van der Waals surface area (Å²) in [6.07, 6.45) is 0. The van der Waals surface area contributed by atoms with E-state index in [0.717, 1.165) is 0 Å². The molecule has 0 bridgehead atoms. The molecule has 0 fully saturated rings. The molecule has 0 aliphatic rings. The second-order valence-corrected chi connectivity index (χ2v) is 4.97. The van der Waals surface area contributed by atoms with Gasteiger partial charge < -0.3 is 9.84 Å². The molecule has 0 spiro atoms. The highest BCUT2D eigenvalue weighted by molar-refractivity contribution is 7.84. The highest BCUT2D eigenvalue weighted by Gasteiger charge is 2.11. The Labute approximate surface area is 101 Å². The molecule has 1 N–H and O–H groups in total. The summed E-state index contributed by atoms with van der Waals surface area (Å²) in [7, 11) is 0.0335. The molecule has 1 aromatic carbocycles. The first-order valence-corrected chi connectivity index (χ1v) is 6.28. The van der Waals surface area contributed by atoms with Crippen molar-refractivity contribution < 1.29 is 18.8 Å². The highest BCUT2D eigenvalue weighted by Crippen LogP contribution is 2.23. The molecule has 0 aliphatic carbocycles. The zero-order valence-corrected chi connectivity index (χ0v) is 10.2. The second-order valence-electron chi connectivity index (χ2n) is 3.08. The van der Waals surface area contributed by atoms with E-state index in [-0.39, 0.29) is 11.5 Å². The third-order valence-electron chi connectivity index (χ3n) is 1.84. The van der Waals surface area contributed by atoms with E-state index in [1.54, 1.807) is 18.2 Å². The van der Waals surface area contributed by atoms with E-state index in [2.05, 4.69) is 0 Å². The van der Waals surface area contributed by atoms with Crippen molar-refractivity contribution in [2.45, 2.75) is 5.75 Å². The molecule has 1 atom stereocenters. The molecule has 4 nitrogen and oxygen atoms in total. The van der Waals surface area contributed by atoms with Gasteiger partial charge in [-0.05, 0) is 18.2 Å². The van der Waals surface area contributed by atoms with Crippen LogP contribution in [0.25, 0.3) is 0 Å². The molecule has 0 saturated carbocycles. The molecule has 1 rings (SSSR count). The Hall–Kier alpha value is -1.07. The van der Waals surface area contributed by atoms with E-state index in [1.165, 1.54) is 7.11 Å². The first-order valence-electron chi connectivity index (χ1n) is 4.42. The van der Waals surface area contributed by atoms with Crippen LogP contribution < -0.4 is 4.74 Å². The zero-order valence-electron chi connectivity index (χ0n) is 8.60. The van der Waals surface area contributed by atoms with E-state index in [1.807, 2.05) is 0 Å². The number of carboxylic acid groups (broad SMARTS) is 1. The summed E-state index contributed by atoms with van der Waals surface area (Å²) in [5, 5.41) is 9.00. The molecule has 0 saturated heterocycles. The van der Waals surface area contributed by atoms with Crippen LogP contribution >= 0.6 is 11.6 Å².